The van der Waals surface area contributed by atoms with Crippen LogP contribution >= 0.6 is 0 Å². The summed E-state index contributed by atoms with van der Waals surface area (Å²) < 4.78 is 0. The van der Waals surface area contributed by atoms with Crippen LogP contribution in [0.15, 0.2) is 36.4 Å². The maximum atomic E-state index is 3.40. The monoisotopic (exact) mass is 197 g/mol. The summed E-state index contributed by atoms with van der Waals surface area (Å²) in [6.45, 7) is 6.77. The molecule has 0 heteroatoms. The summed E-state index contributed by atoms with van der Waals surface area (Å²) in [5.41, 5.74) is 1.54. The fourth-order valence-electron chi connectivity index (χ4n) is 1.71. The van der Waals surface area contributed by atoms with Crippen LogP contribution in [-0.2, 0) is 5.41 Å². The lowest BCUT2D eigenvalue weighted by Gasteiger charge is -2.23. The van der Waals surface area contributed by atoms with E-state index in [4.69, 9.17) is 0 Å². The quantitative estimate of drug-likeness (QED) is 0.672. The highest BCUT2D eigenvalue weighted by atomic mass is 14.2. The Kier molecular flexibility index (Phi) is 2.52. The molecule has 15 heavy (non-hydrogen) atoms. The first-order valence-electron chi connectivity index (χ1n) is 5.54. The van der Waals surface area contributed by atoms with Crippen molar-refractivity contribution in [1.82, 2.24) is 0 Å². The van der Waals surface area contributed by atoms with Gasteiger partial charge in [-0.05, 0) is 46.4 Å². The molecular weight excluding hydrogens is 180 g/mol. The molecule has 0 aliphatic carbocycles. The van der Waals surface area contributed by atoms with E-state index >= 15 is 0 Å². The Balaban J connectivity index is 2.56. The highest BCUT2D eigenvalue weighted by Crippen LogP contribution is 2.28. The van der Waals surface area contributed by atoms with Crippen LogP contribution in [0.2, 0.25) is 0 Å². The second-order valence-electron chi connectivity index (χ2n) is 4.71. The smallest absolute Gasteiger partial charge is 0.00998 e. The zero-order valence-electron chi connectivity index (χ0n) is 9.67. The molecule has 1 radical (unpaired) electrons. The summed E-state index contributed by atoms with van der Waals surface area (Å²) in [6, 6.07) is 16.2. The van der Waals surface area contributed by atoms with Crippen LogP contribution in [0.4, 0.5) is 0 Å². The van der Waals surface area contributed by atoms with E-state index in [1.54, 1.807) is 0 Å². The predicted octanol–water partition coefficient (Wildman–Crippen LogP) is 4.33. The van der Waals surface area contributed by atoms with Gasteiger partial charge in [0, 0.05) is 0 Å². The zero-order valence-corrected chi connectivity index (χ0v) is 9.67. The molecular formula is C15H17. The molecule has 0 N–H and O–H groups in total. The van der Waals surface area contributed by atoms with Gasteiger partial charge in [0.05, 0.1) is 0 Å². The molecule has 77 valence electrons. The predicted molar refractivity (Wildman–Crippen MR) is 66.1 cm³/mol. The second kappa shape index (κ2) is 3.69. The Morgan fingerprint density at radius 2 is 1.80 bits per heavy atom. The van der Waals surface area contributed by atoms with Gasteiger partial charge >= 0.3 is 0 Å². The highest BCUT2D eigenvalue weighted by Gasteiger charge is 2.17. The second-order valence-corrected chi connectivity index (χ2v) is 4.71. The molecule has 0 spiro atoms. The fraction of sp³-hybridized carbons (Fsp3) is 0.333. The molecule has 0 amide bonds. The molecule has 0 saturated heterocycles. The van der Waals surface area contributed by atoms with Crippen LogP contribution < -0.4 is 0 Å². The maximum Gasteiger partial charge on any atom is -0.00998 e. The molecule has 0 heterocycles. The zero-order chi connectivity index (χ0) is 10.9. The van der Waals surface area contributed by atoms with Crippen LogP contribution in [0.3, 0.4) is 0 Å². The average Bonchev–Trinajstić information content (AvgIpc) is 2.28. The van der Waals surface area contributed by atoms with E-state index in [1.807, 2.05) is 0 Å². The van der Waals surface area contributed by atoms with Gasteiger partial charge in [-0.15, -0.1) is 0 Å². The van der Waals surface area contributed by atoms with Crippen LogP contribution in [-0.4, -0.2) is 0 Å². The molecule has 2 rings (SSSR count). The average molecular weight is 197 g/mol. The summed E-state index contributed by atoms with van der Waals surface area (Å²) in [7, 11) is 0. The number of fused-ring (bicyclic) bond motifs is 1. The van der Waals surface area contributed by atoms with Gasteiger partial charge in [0.2, 0.25) is 0 Å². The molecule has 2 aromatic carbocycles. The van der Waals surface area contributed by atoms with Crippen molar-refractivity contribution >= 4 is 10.8 Å². The molecule has 0 fully saturated rings. The normalized spacial score (nSPS) is 11.9. The van der Waals surface area contributed by atoms with Crippen LogP contribution in [0, 0.1) is 6.07 Å². The third-order valence-corrected chi connectivity index (χ3v) is 3.29. The van der Waals surface area contributed by atoms with E-state index < -0.39 is 0 Å². The SMILES string of the molecule is CCC(C)(C)c1[c]cc2ccccc2c1. The largest absolute Gasteiger partial charge is 0.0646 e. The van der Waals surface area contributed by atoms with E-state index in [-0.39, 0.29) is 5.41 Å². The molecule has 0 nitrogen and oxygen atoms in total. The lowest BCUT2D eigenvalue weighted by Crippen LogP contribution is -2.15. The van der Waals surface area contributed by atoms with Crippen molar-refractivity contribution in [2.45, 2.75) is 32.6 Å². The van der Waals surface area contributed by atoms with Gasteiger partial charge in [0.1, 0.15) is 0 Å². The van der Waals surface area contributed by atoms with Gasteiger partial charge in [-0.3, -0.25) is 0 Å². The first-order chi connectivity index (χ1) is 7.13. The Bertz CT molecular complexity index is 466. The summed E-state index contributed by atoms with van der Waals surface area (Å²) in [5.74, 6) is 0. The Hall–Kier alpha value is -1.30. The van der Waals surface area contributed by atoms with Crippen molar-refractivity contribution < 1.29 is 0 Å². The van der Waals surface area contributed by atoms with Crippen molar-refractivity contribution in [3.05, 3.63) is 48.0 Å². The van der Waals surface area contributed by atoms with Crippen molar-refractivity contribution in [2.75, 3.05) is 0 Å². The third-order valence-electron chi connectivity index (χ3n) is 3.29. The van der Waals surface area contributed by atoms with Gasteiger partial charge in [-0.2, -0.15) is 0 Å². The van der Waals surface area contributed by atoms with Gasteiger partial charge in [0.15, 0.2) is 0 Å². The van der Waals surface area contributed by atoms with Crippen molar-refractivity contribution in [3.63, 3.8) is 0 Å². The number of hydrogen-bond donors (Lipinski definition) is 0. The minimum absolute atomic E-state index is 0.226. The molecule has 0 unspecified atom stereocenters. The Morgan fingerprint density at radius 1 is 1.13 bits per heavy atom. The van der Waals surface area contributed by atoms with Crippen LogP contribution in [0.1, 0.15) is 32.8 Å². The summed E-state index contributed by atoms with van der Waals surface area (Å²) in [6.07, 6.45) is 1.14. The highest BCUT2D eigenvalue weighted by molar-refractivity contribution is 5.83. The van der Waals surface area contributed by atoms with E-state index in [1.165, 1.54) is 16.3 Å². The Morgan fingerprint density at radius 3 is 2.47 bits per heavy atom. The molecule has 0 saturated carbocycles. The molecule has 0 aliphatic heterocycles. The molecule has 0 aromatic heterocycles. The van der Waals surface area contributed by atoms with Gasteiger partial charge < -0.3 is 0 Å². The summed E-state index contributed by atoms with van der Waals surface area (Å²) >= 11 is 0. The summed E-state index contributed by atoms with van der Waals surface area (Å²) in [5, 5.41) is 2.58. The number of benzene rings is 2. The number of hydrogen-bond acceptors (Lipinski definition) is 0. The van der Waals surface area contributed by atoms with Crippen LogP contribution in [0.5, 0.6) is 0 Å². The van der Waals surface area contributed by atoms with Gasteiger partial charge in [-0.1, -0.05) is 45.0 Å². The molecule has 0 aliphatic rings. The first kappa shape index (κ1) is 10.2. The lowest BCUT2D eigenvalue weighted by atomic mass is 9.81. The third kappa shape index (κ3) is 1.90. The van der Waals surface area contributed by atoms with Crippen molar-refractivity contribution in [2.24, 2.45) is 0 Å². The van der Waals surface area contributed by atoms with Crippen molar-refractivity contribution in [3.8, 4) is 0 Å². The van der Waals surface area contributed by atoms with E-state index in [0.29, 0.717) is 0 Å². The molecule has 0 atom stereocenters. The minimum Gasteiger partial charge on any atom is -0.0646 e. The summed E-state index contributed by atoms with van der Waals surface area (Å²) in [4.78, 5) is 0. The Labute approximate surface area is 91.9 Å². The fourth-order valence-corrected chi connectivity index (χ4v) is 1.71. The van der Waals surface area contributed by atoms with E-state index in [2.05, 4.69) is 63.2 Å². The lowest BCUT2D eigenvalue weighted by molar-refractivity contribution is 0.506. The van der Waals surface area contributed by atoms with Crippen molar-refractivity contribution in [1.29, 1.82) is 0 Å². The molecule has 0 bridgehead atoms. The van der Waals surface area contributed by atoms with Gasteiger partial charge in [0.25, 0.3) is 0 Å². The maximum absolute atomic E-state index is 3.40. The minimum atomic E-state index is 0.226. The van der Waals surface area contributed by atoms with E-state index in [9.17, 15) is 0 Å². The topological polar surface area (TPSA) is 0 Å². The molecule has 2 aromatic rings. The number of rotatable bonds is 2. The first-order valence-corrected chi connectivity index (χ1v) is 5.54. The van der Waals surface area contributed by atoms with Crippen LogP contribution in [0.25, 0.3) is 10.8 Å². The standard InChI is InChI=1S/C15H17/c1-4-15(2,3)14-10-9-12-7-5-6-8-13(12)11-14/h5-9,11H,4H2,1-3H3. The van der Waals surface area contributed by atoms with Gasteiger partial charge in [-0.25, -0.2) is 0 Å². The van der Waals surface area contributed by atoms with E-state index in [0.717, 1.165) is 6.42 Å².